The third-order valence-electron chi connectivity index (χ3n) is 5.69. The molecule has 0 bridgehead atoms. The van der Waals surface area contributed by atoms with Gasteiger partial charge >= 0.3 is 5.97 Å². The molecule has 1 saturated heterocycles. The van der Waals surface area contributed by atoms with Crippen molar-refractivity contribution in [3.05, 3.63) is 0 Å². The predicted molar refractivity (Wildman–Crippen MR) is 85.4 cm³/mol. The monoisotopic (exact) mass is 296 g/mol. The fraction of sp³-hybridized carbons (Fsp3) is 0.941. The van der Waals surface area contributed by atoms with Crippen LogP contribution in [0, 0.1) is 11.8 Å². The van der Waals surface area contributed by atoms with Gasteiger partial charge in [0.25, 0.3) is 0 Å². The standard InChI is InChI=1S/C17H32N2O2/c1-4-18-17(3,16(20)21)11-13(2)19-10-9-14-7-5-6-8-15(14)12-19/h13-15,18H,4-12H2,1-3H3,(H,20,21). The lowest BCUT2D eigenvalue weighted by atomic mass is 9.74. The molecule has 0 aromatic heterocycles. The van der Waals surface area contributed by atoms with Crippen LogP contribution in [0.15, 0.2) is 0 Å². The third-order valence-corrected chi connectivity index (χ3v) is 5.69. The molecule has 4 atom stereocenters. The molecule has 2 rings (SSSR count). The van der Waals surface area contributed by atoms with Crippen molar-refractivity contribution in [3.8, 4) is 0 Å². The van der Waals surface area contributed by atoms with E-state index in [0.717, 1.165) is 18.4 Å². The number of nitrogens with zero attached hydrogens (tertiary/aromatic N) is 1. The topological polar surface area (TPSA) is 52.6 Å². The number of rotatable bonds is 6. The summed E-state index contributed by atoms with van der Waals surface area (Å²) < 4.78 is 0. The lowest BCUT2D eigenvalue weighted by Crippen LogP contribution is -2.55. The molecule has 0 radical (unpaired) electrons. The molecule has 21 heavy (non-hydrogen) atoms. The number of carboxylic acids is 1. The minimum absolute atomic E-state index is 0.327. The van der Waals surface area contributed by atoms with Crippen molar-refractivity contribution in [1.29, 1.82) is 0 Å². The molecular formula is C17H32N2O2. The minimum Gasteiger partial charge on any atom is -0.480 e. The van der Waals surface area contributed by atoms with Gasteiger partial charge in [-0.2, -0.15) is 0 Å². The second-order valence-electron chi connectivity index (χ2n) is 7.31. The molecule has 2 aliphatic rings. The van der Waals surface area contributed by atoms with Crippen LogP contribution < -0.4 is 5.32 Å². The predicted octanol–water partition coefficient (Wildman–Crippen LogP) is 2.73. The molecule has 1 aliphatic heterocycles. The number of carbonyl (C=O) groups is 1. The molecule has 0 aromatic carbocycles. The Hall–Kier alpha value is -0.610. The number of fused-ring (bicyclic) bond motifs is 1. The lowest BCUT2D eigenvalue weighted by molar-refractivity contribution is -0.145. The highest BCUT2D eigenvalue weighted by molar-refractivity contribution is 5.78. The zero-order valence-electron chi connectivity index (χ0n) is 13.9. The van der Waals surface area contributed by atoms with Gasteiger partial charge in [-0.15, -0.1) is 0 Å². The van der Waals surface area contributed by atoms with Crippen LogP contribution in [0.4, 0.5) is 0 Å². The Bertz CT molecular complexity index is 361. The van der Waals surface area contributed by atoms with Gasteiger partial charge in [0.1, 0.15) is 5.54 Å². The molecular weight excluding hydrogens is 264 g/mol. The Labute approximate surface area is 129 Å². The van der Waals surface area contributed by atoms with E-state index in [1.807, 2.05) is 13.8 Å². The fourth-order valence-electron chi connectivity index (χ4n) is 4.37. The lowest BCUT2D eigenvalue weighted by Gasteiger charge is -2.45. The molecule has 1 saturated carbocycles. The molecule has 4 heteroatoms. The van der Waals surface area contributed by atoms with Crippen LogP contribution in [0.5, 0.6) is 0 Å². The molecule has 4 nitrogen and oxygen atoms in total. The van der Waals surface area contributed by atoms with E-state index in [4.69, 9.17) is 0 Å². The Morgan fingerprint density at radius 3 is 2.62 bits per heavy atom. The van der Waals surface area contributed by atoms with Gasteiger partial charge in [-0.3, -0.25) is 4.79 Å². The van der Waals surface area contributed by atoms with Crippen molar-refractivity contribution in [2.24, 2.45) is 11.8 Å². The quantitative estimate of drug-likeness (QED) is 0.791. The van der Waals surface area contributed by atoms with Crippen molar-refractivity contribution in [3.63, 3.8) is 0 Å². The average molecular weight is 296 g/mol. The van der Waals surface area contributed by atoms with E-state index in [-0.39, 0.29) is 0 Å². The smallest absolute Gasteiger partial charge is 0.323 e. The van der Waals surface area contributed by atoms with Gasteiger partial charge in [-0.05, 0) is 58.0 Å². The van der Waals surface area contributed by atoms with E-state index in [1.54, 1.807) is 0 Å². The molecule has 1 heterocycles. The van der Waals surface area contributed by atoms with E-state index >= 15 is 0 Å². The molecule has 122 valence electrons. The van der Waals surface area contributed by atoms with Gasteiger partial charge in [0.05, 0.1) is 0 Å². The highest BCUT2D eigenvalue weighted by Gasteiger charge is 2.38. The van der Waals surface area contributed by atoms with E-state index in [0.29, 0.717) is 19.0 Å². The number of piperidine rings is 1. The van der Waals surface area contributed by atoms with Gasteiger partial charge in [-0.1, -0.05) is 26.2 Å². The highest BCUT2D eigenvalue weighted by Crippen LogP contribution is 2.37. The second-order valence-corrected chi connectivity index (χ2v) is 7.31. The number of hydrogen-bond donors (Lipinski definition) is 2. The van der Waals surface area contributed by atoms with Crippen LogP contribution in [-0.4, -0.2) is 47.2 Å². The van der Waals surface area contributed by atoms with Gasteiger partial charge < -0.3 is 15.3 Å². The summed E-state index contributed by atoms with van der Waals surface area (Å²) >= 11 is 0. The molecule has 1 aliphatic carbocycles. The van der Waals surface area contributed by atoms with Crippen LogP contribution in [-0.2, 0) is 4.79 Å². The Balaban J connectivity index is 1.93. The number of aliphatic carboxylic acids is 1. The summed E-state index contributed by atoms with van der Waals surface area (Å²) in [4.78, 5) is 14.1. The van der Waals surface area contributed by atoms with Gasteiger partial charge in [-0.25, -0.2) is 0 Å². The zero-order chi connectivity index (χ0) is 15.5. The minimum atomic E-state index is -0.808. The van der Waals surface area contributed by atoms with Crippen LogP contribution in [0.3, 0.4) is 0 Å². The van der Waals surface area contributed by atoms with Crippen LogP contribution in [0.2, 0.25) is 0 Å². The third kappa shape index (κ3) is 3.98. The summed E-state index contributed by atoms with van der Waals surface area (Å²) in [6.45, 7) is 9.00. The maximum absolute atomic E-state index is 11.6. The maximum Gasteiger partial charge on any atom is 0.323 e. The summed E-state index contributed by atoms with van der Waals surface area (Å²) in [5.41, 5.74) is -0.808. The Morgan fingerprint density at radius 1 is 1.33 bits per heavy atom. The summed E-state index contributed by atoms with van der Waals surface area (Å²) in [5.74, 6) is 1.05. The van der Waals surface area contributed by atoms with E-state index in [1.165, 1.54) is 38.6 Å². The first-order valence-electron chi connectivity index (χ1n) is 8.68. The van der Waals surface area contributed by atoms with Crippen molar-refractivity contribution in [2.45, 2.75) is 70.9 Å². The number of carboxylic acid groups (broad SMARTS) is 1. The van der Waals surface area contributed by atoms with Gasteiger partial charge in [0, 0.05) is 12.6 Å². The molecule has 2 N–H and O–H groups in total. The summed E-state index contributed by atoms with van der Waals surface area (Å²) in [7, 11) is 0. The summed E-state index contributed by atoms with van der Waals surface area (Å²) in [6.07, 6.45) is 7.56. The summed E-state index contributed by atoms with van der Waals surface area (Å²) in [6, 6.07) is 0.327. The average Bonchev–Trinajstić information content (AvgIpc) is 2.46. The first kappa shape index (κ1) is 16.8. The molecule has 4 unspecified atom stereocenters. The molecule has 0 aromatic rings. The maximum atomic E-state index is 11.6. The molecule has 0 amide bonds. The summed E-state index contributed by atoms with van der Waals surface area (Å²) in [5, 5.41) is 12.7. The Morgan fingerprint density at radius 2 is 2.00 bits per heavy atom. The largest absolute Gasteiger partial charge is 0.480 e. The van der Waals surface area contributed by atoms with E-state index in [2.05, 4.69) is 17.1 Å². The van der Waals surface area contributed by atoms with Crippen LogP contribution in [0.1, 0.15) is 59.3 Å². The first-order chi connectivity index (χ1) is 9.96. The van der Waals surface area contributed by atoms with Crippen molar-refractivity contribution in [2.75, 3.05) is 19.6 Å². The van der Waals surface area contributed by atoms with Crippen molar-refractivity contribution >= 4 is 5.97 Å². The van der Waals surface area contributed by atoms with Crippen LogP contribution in [0.25, 0.3) is 0 Å². The van der Waals surface area contributed by atoms with E-state index in [9.17, 15) is 9.90 Å². The fourth-order valence-corrected chi connectivity index (χ4v) is 4.37. The van der Waals surface area contributed by atoms with Gasteiger partial charge in [0.2, 0.25) is 0 Å². The number of nitrogens with one attached hydrogen (secondary N) is 1. The first-order valence-corrected chi connectivity index (χ1v) is 8.68. The van der Waals surface area contributed by atoms with Crippen LogP contribution >= 0.6 is 0 Å². The SMILES string of the molecule is CCNC(C)(CC(C)N1CCC2CCCCC2C1)C(=O)O. The zero-order valence-corrected chi connectivity index (χ0v) is 13.9. The number of hydrogen-bond acceptors (Lipinski definition) is 3. The highest BCUT2D eigenvalue weighted by atomic mass is 16.4. The number of likely N-dealkylation sites (tertiary alicyclic amines) is 1. The Kier molecular flexibility index (Phi) is 5.67. The molecule has 2 fully saturated rings. The molecule has 0 spiro atoms. The van der Waals surface area contributed by atoms with Crippen molar-refractivity contribution < 1.29 is 9.90 Å². The van der Waals surface area contributed by atoms with Crippen molar-refractivity contribution in [1.82, 2.24) is 10.2 Å². The van der Waals surface area contributed by atoms with Gasteiger partial charge in [0.15, 0.2) is 0 Å². The number of likely N-dealkylation sites (N-methyl/N-ethyl adjacent to an activating group) is 1. The normalized spacial score (nSPS) is 31.2. The second kappa shape index (κ2) is 7.10. The van der Waals surface area contributed by atoms with E-state index < -0.39 is 11.5 Å².